The molecule has 0 fully saturated rings. The van der Waals surface area contributed by atoms with Gasteiger partial charge in [0.2, 0.25) is 0 Å². The zero-order valence-corrected chi connectivity index (χ0v) is 8.64. The molecule has 0 saturated carbocycles. The fraction of sp³-hybridized carbons (Fsp3) is 0.300. The lowest BCUT2D eigenvalue weighted by Gasteiger charge is -1.99. The van der Waals surface area contributed by atoms with Crippen LogP contribution in [0.4, 0.5) is 4.39 Å². The molecule has 0 aromatic carbocycles. The van der Waals surface area contributed by atoms with Gasteiger partial charge >= 0.3 is 5.97 Å². The van der Waals surface area contributed by atoms with E-state index in [1.165, 1.54) is 17.4 Å². The second-order valence-corrected chi connectivity index (χ2v) is 3.48. The van der Waals surface area contributed by atoms with Crippen molar-refractivity contribution < 1.29 is 13.9 Å². The minimum atomic E-state index is -0.653. The van der Waals surface area contributed by atoms with Crippen LogP contribution in [0.1, 0.15) is 11.8 Å². The lowest BCUT2D eigenvalue weighted by molar-refractivity contribution is -0.137. The van der Waals surface area contributed by atoms with Gasteiger partial charge in [-0.05, 0) is 18.4 Å². The molecule has 1 aromatic heterocycles. The number of alkyl halides is 1. The molecule has 0 N–H and O–H groups in total. The highest BCUT2D eigenvalue weighted by Crippen LogP contribution is 2.20. The van der Waals surface area contributed by atoms with Crippen LogP contribution in [0.15, 0.2) is 23.6 Å². The van der Waals surface area contributed by atoms with E-state index in [2.05, 4.69) is 0 Å². The molecule has 0 radical (unpaired) electrons. The van der Waals surface area contributed by atoms with Crippen molar-refractivity contribution in [2.75, 3.05) is 13.3 Å². The molecule has 2 nitrogen and oxygen atoms in total. The molecule has 1 rings (SSSR count). The van der Waals surface area contributed by atoms with Crippen LogP contribution < -0.4 is 0 Å². The molecule has 0 atom stereocenters. The first kappa shape index (κ1) is 10.9. The summed E-state index contributed by atoms with van der Waals surface area (Å²) in [7, 11) is 0. The Morgan fingerprint density at radius 1 is 1.71 bits per heavy atom. The van der Waals surface area contributed by atoms with Gasteiger partial charge in [-0.3, -0.25) is 0 Å². The van der Waals surface area contributed by atoms with Gasteiger partial charge < -0.3 is 4.74 Å². The molecule has 1 aromatic rings. The third-order valence-corrected chi connectivity index (χ3v) is 2.51. The Hall–Kier alpha value is -1.16. The first-order valence-electron chi connectivity index (χ1n) is 4.25. The van der Waals surface area contributed by atoms with Gasteiger partial charge in [0.1, 0.15) is 6.67 Å². The summed E-state index contributed by atoms with van der Waals surface area (Å²) in [4.78, 5) is 11.8. The maximum atomic E-state index is 12.6. The van der Waals surface area contributed by atoms with E-state index in [9.17, 15) is 9.18 Å². The molecule has 14 heavy (non-hydrogen) atoms. The van der Waals surface area contributed by atoms with E-state index in [1.807, 2.05) is 11.4 Å². The van der Waals surface area contributed by atoms with Crippen LogP contribution in [0.25, 0.3) is 5.57 Å². The standard InChI is InChI=1S/C10H11FO2S/c1-2-13-10(12)6-8(7-11)9-4-3-5-14-9/h3-6H,2,7H2,1H3/b8-6+. The molecule has 0 saturated heterocycles. The Kier molecular flexibility index (Phi) is 4.32. The van der Waals surface area contributed by atoms with Crippen LogP contribution in [-0.4, -0.2) is 19.3 Å². The van der Waals surface area contributed by atoms with Crippen molar-refractivity contribution in [3.05, 3.63) is 28.5 Å². The Morgan fingerprint density at radius 3 is 3.00 bits per heavy atom. The molecule has 76 valence electrons. The minimum Gasteiger partial charge on any atom is -0.463 e. The number of allylic oxidation sites excluding steroid dienone is 1. The fourth-order valence-electron chi connectivity index (χ4n) is 0.963. The van der Waals surface area contributed by atoms with Crippen molar-refractivity contribution in [2.24, 2.45) is 0 Å². The molecule has 0 aliphatic heterocycles. The second-order valence-electron chi connectivity index (χ2n) is 2.53. The van der Waals surface area contributed by atoms with Crippen LogP contribution in [0, 0.1) is 0 Å². The number of halogens is 1. The summed E-state index contributed by atoms with van der Waals surface area (Å²) in [5.74, 6) is -0.492. The highest BCUT2D eigenvalue weighted by atomic mass is 32.1. The topological polar surface area (TPSA) is 26.3 Å². The zero-order chi connectivity index (χ0) is 10.4. The van der Waals surface area contributed by atoms with E-state index in [1.54, 1.807) is 13.0 Å². The largest absolute Gasteiger partial charge is 0.463 e. The van der Waals surface area contributed by atoms with Crippen molar-refractivity contribution in [1.82, 2.24) is 0 Å². The van der Waals surface area contributed by atoms with Gasteiger partial charge in [0.05, 0.1) is 6.61 Å². The highest BCUT2D eigenvalue weighted by molar-refractivity contribution is 7.11. The zero-order valence-electron chi connectivity index (χ0n) is 7.83. The summed E-state index contributed by atoms with van der Waals surface area (Å²) in [5, 5.41) is 1.84. The predicted octanol–water partition coefficient (Wildman–Crippen LogP) is 2.66. The summed E-state index contributed by atoms with van der Waals surface area (Å²) in [6.07, 6.45) is 1.20. The lowest BCUT2D eigenvalue weighted by Crippen LogP contribution is -2.01. The Labute approximate surface area is 86.0 Å². The van der Waals surface area contributed by atoms with E-state index in [-0.39, 0.29) is 0 Å². The molecular weight excluding hydrogens is 203 g/mol. The van der Waals surface area contributed by atoms with Gasteiger partial charge in [-0.2, -0.15) is 0 Å². The first-order chi connectivity index (χ1) is 6.77. The number of carbonyl (C=O) groups is 1. The third-order valence-electron chi connectivity index (χ3n) is 1.56. The van der Waals surface area contributed by atoms with E-state index in [0.29, 0.717) is 12.2 Å². The molecular formula is C10H11FO2S. The molecule has 0 aliphatic carbocycles. The summed E-state index contributed by atoms with van der Waals surface area (Å²) in [5.41, 5.74) is 0.374. The minimum absolute atomic E-state index is 0.305. The average molecular weight is 214 g/mol. The molecule has 1 heterocycles. The normalized spacial score (nSPS) is 11.4. The summed E-state index contributed by atoms with van der Waals surface area (Å²) < 4.78 is 17.2. The second kappa shape index (κ2) is 5.54. The number of thiophene rings is 1. The predicted molar refractivity (Wildman–Crippen MR) is 54.9 cm³/mol. The van der Waals surface area contributed by atoms with Crippen LogP contribution >= 0.6 is 11.3 Å². The van der Waals surface area contributed by atoms with Gasteiger partial charge in [0, 0.05) is 16.5 Å². The van der Waals surface area contributed by atoms with E-state index < -0.39 is 12.6 Å². The maximum Gasteiger partial charge on any atom is 0.331 e. The average Bonchev–Trinajstić information content (AvgIpc) is 2.67. The van der Waals surface area contributed by atoms with Gasteiger partial charge in [-0.15, -0.1) is 11.3 Å². The summed E-state index contributed by atoms with van der Waals surface area (Å²) in [6.45, 7) is 1.37. The smallest absolute Gasteiger partial charge is 0.331 e. The molecule has 0 bridgehead atoms. The van der Waals surface area contributed by atoms with Crippen molar-refractivity contribution in [2.45, 2.75) is 6.92 Å². The molecule has 4 heteroatoms. The van der Waals surface area contributed by atoms with Crippen molar-refractivity contribution in [3.8, 4) is 0 Å². The fourth-order valence-corrected chi connectivity index (χ4v) is 1.69. The maximum absolute atomic E-state index is 12.6. The SMILES string of the molecule is CCOC(=O)/C=C(\CF)c1cccs1. The summed E-state index contributed by atoms with van der Waals surface area (Å²) >= 11 is 1.40. The van der Waals surface area contributed by atoms with E-state index >= 15 is 0 Å². The Morgan fingerprint density at radius 2 is 2.50 bits per heavy atom. The lowest BCUT2D eigenvalue weighted by atomic mass is 10.2. The van der Waals surface area contributed by atoms with Gasteiger partial charge in [0.15, 0.2) is 0 Å². The first-order valence-corrected chi connectivity index (χ1v) is 5.13. The number of rotatable bonds is 4. The van der Waals surface area contributed by atoms with Gasteiger partial charge in [-0.1, -0.05) is 6.07 Å². The molecule has 0 amide bonds. The highest BCUT2D eigenvalue weighted by Gasteiger charge is 2.05. The number of hydrogen-bond acceptors (Lipinski definition) is 3. The monoisotopic (exact) mass is 214 g/mol. The Balaban J connectivity index is 2.76. The number of esters is 1. The van der Waals surface area contributed by atoms with Crippen LogP contribution in [0.2, 0.25) is 0 Å². The third kappa shape index (κ3) is 2.96. The number of carbonyl (C=O) groups excluding carboxylic acids is 1. The van der Waals surface area contributed by atoms with E-state index in [4.69, 9.17) is 4.74 Å². The quantitative estimate of drug-likeness (QED) is 0.569. The number of ether oxygens (including phenoxy) is 1. The van der Waals surface area contributed by atoms with E-state index in [0.717, 1.165) is 4.88 Å². The van der Waals surface area contributed by atoms with Gasteiger partial charge in [-0.25, -0.2) is 9.18 Å². The van der Waals surface area contributed by atoms with Crippen molar-refractivity contribution in [1.29, 1.82) is 0 Å². The molecule has 0 unspecified atom stereocenters. The van der Waals surface area contributed by atoms with Crippen LogP contribution in [0.5, 0.6) is 0 Å². The number of hydrogen-bond donors (Lipinski definition) is 0. The van der Waals surface area contributed by atoms with Gasteiger partial charge in [0.25, 0.3) is 0 Å². The van der Waals surface area contributed by atoms with Crippen LogP contribution in [0.3, 0.4) is 0 Å². The van der Waals surface area contributed by atoms with Crippen LogP contribution in [-0.2, 0) is 9.53 Å². The molecule has 0 aliphatic rings. The summed E-state index contributed by atoms with van der Waals surface area (Å²) in [6, 6.07) is 3.59. The van der Waals surface area contributed by atoms with Crippen molar-refractivity contribution in [3.63, 3.8) is 0 Å². The van der Waals surface area contributed by atoms with Crippen molar-refractivity contribution >= 4 is 22.9 Å². The Bertz CT molecular complexity index is 317. The molecule has 0 spiro atoms.